The van der Waals surface area contributed by atoms with Crippen LogP contribution in [0.4, 0.5) is 0 Å². The van der Waals surface area contributed by atoms with Crippen molar-refractivity contribution in [2.45, 2.75) is 36.8 Å². The minimum Gasteiger partial charge on any atom is -0.390 e. The molecule has 0 radical (unpaired) electrons. The van der Waals surface area contributed by atoms with Crippen LogP contribution in [0.5, 0.6) is 0 Å². The molecular weight excluding hydrogens is 326 g/mol. The van der Waals surface area contributed by atoms with Crippen molar-refractivity contribution in [3.05, 3.63) is 30.3 Å². The predicted octanol–water partition coefficient (Wildman–Crippen LogP) is 0.635. The number of hydrogen-bond acceptors (Lipinski definition) is 5. The Labute approximate surface area is 131 Å². The topological polar surface area (TPSA) is 91.8 Å². The average Bonchev–Trinajstić information content (AvgIpc) is 2.73. The molecule has 1 fully saturated rings. The number of unbranched alkanes of at least 4 members (excludes halogenated alkanes) is 1. The lowest BCUT2D eigenvalue weighted by Gasteiger charge is -2.29. The van der Waals surface area contributed by atoms with Gasteiger partial charge in [-0.25, -0.2) is 16.8 Å². The number of rotatable bonds is 6. The largest absolute Gasteiger partial charge is 0.390 e. The van der Waals surface area contributed by atoms with E-state index in [1.807, 2.05) is 6.92 Å². The molecule has 1 aromatic rings. The molecule has 0 saturated carbocycles. The number of nitrogens with zero attached hydrogens (tertiary/aromatic N) is 1. The first-order chi connectivity index (χ1) is 10.3. The van der Waals surface area contributed by atoms with Crippen LogP contribution in [0.15, 0.2) is 35.2 Å². The van der Waals surface area contributed by atoms with Crippen molar-refractivity contribution >= 4 is 19.9 Å². The molecule has 124 valence electrons. The van der Waals surface area contributed by atoms with E-state index < -0.39 is 32.0 Å². The van der Waals surface area contributed by atoms with Crippen molar-refractivity contribution in [1.82, 2.24) is 4.31 Å². The monoisotopic (exact) mass is 347 g/mol. The maximum atomic E-state index is 12.8. The molecule has 22 heavy (non-hydrogen) atoms. The lowest BCUT2D eigenvalue weighted by Crippen LogP contribution is -2.47. The second-order valence-electron chi connectivity index (χ2n) is 5.49. The van der Waals surface area contributed by atoms with Gasteiger partial charge in [-0.15, -0.1) is 0 Å². The van der Waals surface area contributed by atoms with Gasteiger partial charge in [-0.2, -0.15) is 4.31 Å². The normalized spacial score (nSPS) is 24.7. The van der Waals surface area contributed by atoms with E-state index in [-0.39, 0.29) is 22.9 Å². The van der Waals surface area contributed by atoms with E-state index >= 15 is 0 Å². The smallest absolute Gasteiger partial charge is 0.243 e. The number of aliphatic hydroxyl groups is 1. The molecule has 1 saturated heterocycles. The number of sulfonamides is 1. The number of benzene rings is 1. The molecule has 2 atom stereocenters. The maximum absolute atomic E-state index is 12.8. The third-order valence-electron chi connectivity index (χ3n) is 3.75. The quantitative estimate of drug-likeness (QED) is 0.815. The van der Waals surface area contributed by atoms with Crippen LogP contribution in [0.3, 0.4) is 0 Å². The lowest BCUT2D eigenvalue weighted by atomic mass is 10.2. The van der Waals surface area contributed by atoms with Gasteiger partial charge < -0.3 is 5.11 Å². The molecule has 0 spiro atoms. The summed E-state index contributed by atoms with van der Waals surface area (Å²) in [5.41, 5.74) is 0. The van der Waals surface area contributed by atoms with Gasteiger partial charge in [0.1, 0.15) is 0 Å². The van der Waals surface area contributed by atoms with Gasteiger partial charge in [0.05, 0.1) is 28.5 Å². The van der Waals surface area contributed by atoms with Gasteiger partial charge in [-0.1, -0.05) is 31.5 Å². The summed E-state index contributed by atoms with van der Waals surface area (Å²) in [6, 6.07) is 6.99. The van der Waals surface area contributed by atoms with Gasteiger partial charge in [0.15, 0.2) is 9.84 Å². The van der Waals surface area contributed by atoms with Crippen LogP contribution in [-0.2, 0) is 19.9 Å². The third kappa shape index (κ3) is 3.68. The van der Waals surface area contributed by atoms with E-state index in [1.54, 1.807) is 18.2 Å². The molecule has 0 amide bonds. The van der Waals surface area contributed by atoms with Crippen LogP contribution in [0.1, 0.15) is 19.8 Å². The van der Waals surface area contributed by atoms with E-state index in [0.717, 1.165) is 10.7 Å². The fraction of sp³-hybridized carbons (Fsp3) is 0.571. The molecule has 6 nitrogen and oxygen atoms in total. The molecule has 1 aromatic carbocycles. The highest BCUT2D eigenvalue weighted by atomic mass is 32.2. The fourth-order valence-corrected chi connectivity index (χ4v) is 6.20. The molecule has 1 aliphatic heterocycles. The summed E-state index contributed by atoms with van der Waals surface area (Å²) in [5, 5.41) is 10.0. The molecule has 0 aliphatic carbocycles. The standard InChI is InChI=1S/C14H21NO5S2/c1-2-3-9-15(13-10-21(17,18)11-14(13)16)22(19,20)12-7-5-4-6-8-12/h4-8,13-14,16H,2-3,9-11H2,1H3. The first-order valence-electron chi connectivity index (χ1n) is 7.23. The zero-order valence-corrected chi connectivity index (χ0v) is 14.1. The maximum Gasteiger partial charge on any atom is 0.243 e. The van der Waals surface area contributed by atoms with E-state index in [0.29, 0.717) is 6.42 Å². The summed E-state index contributed by atoms with van der Waals surface area (Å²) in [5.74, 6) is -0.714. The predicted molar refractivity (Wildman–Crippen MR) is 83.7 cm³/mol. The number of sulfone groups is 1. The Morgan fingerprint density at radius 2 is 1.86 bits per heavy atom. The Balaban J connectivity index is 2.38. The second kappa shape index (κ2) is 6.66. The highest BCUT2D eigenvalue weighted by molar-refractivity contribution is 7.92. The Morgan fingerprint density at radius 1 is 1.23 bits per heavy atom. The Kier molecular flexibility index (Phi) is 5.26. The summed E-state index contributed by atoms with van der Waals surface area (Å²) < 4.78 is 50.2. The molecule has 0 bridgehead atoms. The average molecular weight is 347 g/mol. The van der Waals surface area contributed by atoms with Crippen LogP contribution < -0.4 is 0 Å². The number of aliphatic hydroxyl groups excluding tert-OH is 1. The molecule has 1 heterocycles. The minimum absolute atomic E-state index is 0.114. The van der Waals surface area contributed by atoms with E-state index in [4.69, 9.17) is 0 Å². The summed E-state index contributed by atoms with van der Waals surface area (Å²) in [4.78, 5) is 0.114. The van der Waals surface area contributed by atoms with Gasteiger partial charge >= 0.3 is 0 Å². The Morgan fingerprint density at radius 3 is 2.36 bits per heavy atom. The molecule has 0 aromatic heterocycles. The first kappa shape index (κ1) is 17.4. The zero-order chi connectivity index (χ0) is 16.4. The van der Waals surface area contributed by atoms with Crippen molar-refractivity contribution in [3.8, 4) is 0 Å². The first-order valence-corrected chi connectivity index (χ1v) is 10.5. The van der Waals surface area contributed by atoms with Crippen molar-refractivity contribution in [1.29, 1.82) is 0 Å². The Bertz CT molecular complexity index is 700. The van der Waals surface area contributed by atoms with Crippen LogP contribution >= 0.6 is 0 Å². The highest BCUT2D eigenvalue weighted by Crippen LogP contribution is 2.25. The minimum atomic E-state index is -3.83. The Hall–Kier alpha value is -0.960. The summed E-state index contributed by atoms with van der Waals surface area (Å²) in [7, 11) is -7.24. The van der Waals surface area contributed by atoms with Gasteiger partial charge in [0.2, 0.25) is 10.0 Å². The fourth-order valence-electron chi connectivity index (χ4n) is 2.59. The number of hydrogen-bond donors (Lipinski definition) is 1. The SMILES string of the molecule is CCCCN(C1CS(=O)(=O)CC1O)S(=O)(=O)c1ccccc1. The molecular formula is C14H21NO5S2. The highest BCUT2D eigenvalue weighted by Gasteiger charge is 2.44. The summed E-state index contributed by atoms with van der Waals surface area (Å²) in [6.07, 6.45) is 0.200. The summed E-state index contributed by atoms with van der Waals surface area (Å²) >= 11 is 0. The second-order valence-corrected chi connectivity index (χ2v) is 9.54. The molecule has 1 N–H and O–H groups in total. The van der Waals surface area contributed by atoms with E-state index in [9.17, 15) is 21.9 Å². The zero-order valence-electron chi connectivity index (χ0n) is 12.4. The van der Waals surface area contributed by atoms with Crippen molar-refractivity contribution < 1.29 is 21.9 Å². The van der Waals surface area contributed by atoms with Crippen LogP contribution in [0.2, 0.25) is 0 Å². The van der Waals surface area contributed by atoms with Crippen molar-refractivity contribution in [2.75, 3.05) is 18.1 Å². The molecule has 8 heteroatoms. The molecule has 2 unspecified atom stereocenters. The van der Waals surface area contributed by atoms with Crippen molar-refractivity contribution in [3.63, 3.8) is 0 Å². The van der Waals surface area contributed by atoms with Crippen LogP contribution in [0.25, 0.3) is 0 Å². The van der Waals surface area contributed by atoms with Crippen molar-refractivity contribution in [2.24, 2.45) is 0 Å². The van der Waals surface area contributed by atoms with Gasteiger partial charge in [0, 0.05) is 6.54 Å². The lowest BCUT2D eigenvalue weighted by molar-refractivity contribution is 0.127. The van der Waals surface area contributed by atoms with E-state index in [1.165, 1.54) is 12.1 Å². The van der Waals surface area contributed by atoms with Crippen LogP contribution in [-0.4, -0.2) is 56.4 Å². The van der Waals surface area contributed by atoms with Gasteiger partial charge in [-0.05, 0) is 18.6 Å². The third-order valence-corrected chi connectivity index (χ3v) is 7.38. The molecule has 2 rings (SSSR count). The summed E-state index contributed by atoms with van der Waals surface area (Å²) in [6.45, 7) is 2.13. The van der Waals surface area contributed by atoms with Gasteiger partial charge in [0.25, 0.3) is 0 Å². The molecule has 1 aliphatic rings. The van der Waals surface area contributed by atoms with Gasteiger partial charge in [-0.3, -0.25) is 0 Å². The van der Waals surface area contributed by atoms with E-state index in [2.05, 4.69) is 0 Å². The van der Waals surface area contributed by atoms with Crippen LogP contribution in [0, 0.1) is 0 Å².